The molecule has 1 fully saturated rings. The molecule has 176 valence electrons. The zero-order valence-corrected chi connectivity index (χ0v) is 18.9. The molecule has 1 heterocycles. The number of carbonyl (C=O) groups excluding carboxylic acids is 2. The van der Waals surface area contributed by atoms with E-state index in [0.717, 1.165) is 30.5 Å². The molecule has 0 aromatic heterocycles. The minimum Gasteiger partial charge on any atom is -0.506 e. The fourth-order valence-corrected chi connectivity index (χ4v) is 4.31. The average Bonchev–Trinajstić information content (AvgIpc) is 2.66. The zero-order valence-electron chi connectivity index (χ0n) is 17.2. The van der Waals surface area contributed by atoms with Crippen LogP contribution in [0.2, 0.25) is 0 Å². The van der Waals surface area contributed by atoms with E-state index >= 15 is 0 Å². The van der Waals surface area contributed by atoms with Crippen LogP contribution in [0.1, 0.15) is 13.8 Å². The van der Waals surface area contributed by atoms with Crippen molar-refractivity contribution < 1.29 is 41.0 Å². The summed E-state index contributed by atoms with van der Waals surface area (Å²) in [6.45, 7) is 2.75. The average molecular weight is 498 g/mol. The van der Waals surface area contributed by atoms with Gasteiger partial charge in [-0.2, -0.15) is 0 Å². The minimum atomic E-state index is -4.24. The molecule has 0 saturated carbocycles. The Morgan fingerprint density at radius 2 is 1.61 bits per heavy atom. The zero-order chi connectivity index (χ0) is 24.6. The molecule has 1 saturated heterocycles. The third-order valence-corrected chi connectivity index (χ3v) is 6.47. The van der Waals surface area contributed by atoms with Crippen LogP contribution in [-0.2, 0) is 39.1 Å². The standard InChI is InChI=1S/C19H19N3O9S2/c1-19(2)30-17(24)14(18(25)31-19)10-21-15-9-13(6-7-16(15)23)33(28,29)22-11-4-3-5-12(8-11)32(20,26)27/h3-10,21-23H,1-2H3,(H2,20,26,27). The second-order valence-corrected chi connectivity index (χ2v) is 10.5. The summed E-state index contributed by atoms with van der Waals surface area (Å²) in [7, 11) is -8.29. The molecule has 0 atom stereocenters. The van der Waals surface area contributed by atoms with Gasteiger partial charge in [-0.05, 0) is 36.4 Å². The van der Waals surface area contributed by atoms with Gasteiger partial charge in [-0.15, -0.1) is 0 Å². The van der Waals surface area contributed by atoms with Gasteiger partial charge in [0.2, 0.25) is 10.0 Å². The molecule has 0 amide bonds. The number of phenolic OH excluding ortho intramolecular Hbond substituents is 1. The number of nitrogens with one attached hydrogen (secondary N) is 2. The van der Waals surface area contributed by atoms with Crippen molar-refractivity contribution in [2.75, 3.05) is 10.0 Å². The summed E-state index contributed by atoms with van der Waals surface area (Å²) >= 11 is 0. The number of benzene rings is 2. The lowest BCUT2D eigenvalue weighted by molar-refractivity contribution is -0.222. The number of phenols is 1. The summed E-state index contributed by atoms with van der Waals surface area (Å²) in [6, 6.07) is 8.04. The Morgan fingerprint density at radius 1 is 0.970 bits per heavy atom. The molecule has 33 heavy (non-hydrogen) atoms. The van der Waals surface area contributed by atoms with Gasteiger partial charge in [-0.3, -0.25) is 4.72 Å². The molecule has 0 spiro atoms. The summed E-state index contributed by atoms with van der Waals surface area (Å²) in [5, 5.41) is 17.6. The molecular weight excluding hydrogens is 478 g/mol. The fourth-order valence-electron chi connectivity index (χ4n) is 2.68. The van der Waals surface area contributed by atoms with E-state index in [0.29, 0.717) is 0 Å². The molecule has 1 aliphatic rings. The predicted octanol–water partition coefficient (Wildman–Crippen LogP) is 0.972. The first kappa shape index (κ1) is 24.0. The van der Waals surface area contributed by atoms with Crippen LogP contribution in [0.25, 0.3) is 0 Å². The summed E-state index contributed by atoms with van der Waals surface area (Å²) in [4.78, 5) is 23.4. The smallest absolute Gasteiger partial charge is 0.350 e. The molecule has 0 bridgehead atoms. The summed E-state index contributed by atoms with van der Waals surface area (Å²) in [6.07, 6.45) is 0.911. The Balaban J connectivity index is 1.87. The number of primary sulfonamides is 1. The second-order valence-electron chi connectivity index (χ2n) is 7.24. The van der Waals surface area contributed by atoms with Crippen LogP contribution in [0.3, 0.4) is 0 Å². The van der Waals surface area contributed by atoms with Crippen molar-refractivity contribution in [1.29, 1.82) is 0 Å². The lowest BCUT2D eigenvalue weighted by Crippen LogP contribution is -2.42. The highest BCUT2D eigenvalue weighted by molar-refractivity contribution is 7.92. The number of hydrogen-bond donors (Lipinski definition) is 4. The summed E-state index contributed by atoms with van der Waals surface area (Å²) < 4.78 is 60.5. The van der Waals surface area contributed by atoms with Crippen molar-refractivity contribution in [2.24, 2.45) is 5.14 Å². The maximum absolute atomic E-state index is 12.7. The van der Waals surface area contributed by atoms with E-state index in [2.05, 4.69) is 10.0 Å². The Hall–Kier alpha value is -3.62. The van der Waals surface area contributed by atoms with E-state index < -0.39 is 43.3 Å². The first-order valence-corrected chi connectivity index (χ1v) is 12.1. The highest BCUT2D eigenvalue weighted by atomic mass is 32.2. The van der Waals surface area contributed by atoms with E-state index in [4.69, 9.17) is 14.6 Å². The van der Waals surface area contributed by atoms with Crippen LogP contribution >= 0.6 is 0 Å². The third-order valence-electron chi connectivity index (χ3n) is 4.18. The lowest BCUT2D eigenvalue weighted by atomic mass is 10.2. The van der Waals surface area contributed by atoms with Crippen molar-refractivity contribution in [3.63, 3.8) is 0 Å². The number of cyclic esters (lactones) is 2. The Morgan fingerprint density at radius 3 is 2.21 bits per heavy atom. The van der Waals surface area contributed by atoms with E-state index in [1.165, 1.54) is 32.0 Å². The molecule has 1 aliphatic heterocycles. The molecule has 14 heteroatoms. The van der Waals surface area contributed by atoms with Crippen LogP contribution in [-0.4, -0.2) is 39.7 Å². The maximum atomic E-state index is 12.7. The number of rotatable bonds is 6. The normalized spacial score (nSPS) is 15.9. The van der Waals surface area contributed by atoms with Gasteiger partial charge in [0.25, 0.3) is 15.8 Å². The largest absolute Gasteiger partial charge is 0.506 e. The quantitative estimate of drug-likeness (QED) is 0.193. The van der Waals surface area contributed by atoms with E-state index in [-0.39, 0.29) is 26.9 Å². The number of esters is 2. The first-order valence-electron chi connectivity index (χ1n) is 9.10. The number of carbonyl (C=O) groups is 2. The highest BCUT2D eigenvalue weighted by Crippen LogP contribution is 2.29. The summed E-state index contributed by atoms with van der Waals surface area (Å²) in [5.74, 6) is -3.76. The highest BCUT2D eigenvalue weighted by Gasteiger charge is 2.39. The number of nitrogens with two attached hydrogens (primary N) is 1. The van der Waals surface area contributed by atoms with Crippen LogP contribution in [0, 0.1) is 0 Å². The molecule has 12 nitrogen and oxygen atoms in total. The fraction of sp³-hybridized carbons (Fsp3) is 0.158. The molecule has 2 aromatic rings. The lowest BCUT2D eigenvalue weighted by Gasteiger charge is -2.29. The topological polar surface area (TPSA) is 191 Å². The van der Waals surface area contributed by atoms with Gasteiger partial charge >= 0.3 is 11.9 Å². The van der Waals surface area contributed by atoms with Crippen molar-refractivity contribution >= 4 is 43.4 Å². The number of aromatic hydroxyl groups is 1. The Labute approximate surface area is 189 Å². The van der Waals surface area contributed by atoms with Gasteiger partial charge in [0.15, 0.2) is 5.57 Å². The second kappa shape index (κ2) is 8.38. The van der Waals surface area contributed by atoms with Gasteiger partial charge in [0, 0.05) is 20.0 Å². The van der Waals surface area contributed by atoms with Gasteiger partial charge in [0.1, 0.15) is 5.75 Å². The van der Waals surface area contributed by atoms with Crippen LogP contribution in [0.4, 0.5) is 11.4 Å². The maximum Gasteiger partial charge on any atom is 0.350 e. The van der Waals surface area contributed by atoms with Gasteiger partial charge in [-0.25, -0.2) is 31.6 Å². The number of sulfonamides is 2. The van der Waals surface area contributed by atoms with Crippen LogP contribution < -0.4 is 15.2 Å². The molecule has 0 aliphatic carbocycles. The van der Waals surface area contributed by atoms with Crippen molar-refractivity contribution in [2.45, 2.75) is 29.4 Å². The Kier molecular flexibility index (Phi) is 6.10. The molecule has 5 N–H and O–H groups in total. The van der Waals surface area contributed by atoms with Crippen LogP contribution in [0.5, 0.6) is 5.75 Å². The van der Waals surface area contributed by atoms with Crippen molar-refractivity contribution in [1.82, 2.24) is 0 Å². The van der Waals surface area contributed by atoms with Crippen molar-refractivity contribution in [3.05, 3.63) is 54.2 Å². The molecular formula is C19H19N3O9S2. The van der Waals surface area contributed by atoms with E-state index in [9.17, 15) is 31.5 Å². The predicted molar refractivity (Wildman–Crippen MR) is 115 cm³/mol. The van der Waals surface area contributed by atoms with Crippen LogP contribution in [0.15, 0.2) is 64.0 Å². The molecule has 0 radical (unpaired) electrons. The van der Waals surface area contributed by atoms with Gasteiger partial charge < -0.3 is 19.9 Å². The molecule has 0 unspecified atom stereocenters. The monoisotopic (exact) mass is 497 g/mol. The molecule has 2 aromatic carbocycles. The minimum absolute atomic E-state index is 0.0680. The number of ether oxygens (including phenoxy) is 2. The number of hydrogen-bond acceptors (Lipinski definition) is 10. The Bertz CT molecular complexity index is 1360. The van der Waals surface area contributed by atoms with Crippen molar-refractivity contribution in [3.8, 4) is 5.75 Å². The number of anilines is 2. The summed E-state index contributed by atoms with van der Waals surface area (Å²) in [5.41, 5.74) is -0.726. The third kappa shape index (κ3) is 5.60. The van der Waals surface area contributed by atoms with E-state index in [1.54, 1.807) is 0 Å². The first-order chi connectivity index (χ1) is 15.2. The van der Waals surface area contributed by atoms with E-state index in [1.807, 2.05) is 0 Å². The molecule has 3 rings (SSSR count). The van der Waals surface area contributed by atoms with Gasteiger partial charge in [0.05, 0.1) is 21.2 Å². The van der Waals surface area contributed by atoms with Gasteiger partial charge in [-0.1, -0.05) is 6.07 Å². The SMILES string of the molecule is CC1(C)OC(=O)C(=CNc2cc(S(=O)(=O)Nc3cccc(S(N)(=O)=O)c3)ccc2O)C(=O)O1.